The van der Waals surface area contributed by atoms with Gasteiger partial charge in [-0.2, -0.15) is 13.2 Å². The number of nitrogens with one attached hydrogen (secondary N) is 1. The Labute approximate surface area is 150 Å². The van der Waals surface area contributed by atoms with Crippen LogP contribution in [0.3, 0.4) is 0 Å². The number of hydrogen-bond donors (Lipinski definition) is 1. The van der Waals surface area contributed by atoms with Gasteiger partial charge in [0.25, 0.3) is 5.91 Å². The number of alkyl halides is 3. The molecule has 2 aromatic heterocycles. The minimum Gasteiger partial charge on any atom is -0.461 e. The van der Waals surface area contributed by atoms with Crippen molar-refractivity contribution in [2.75, 3.05) is 18.9 Å². The van der Waals surface area contributed by atoms with Crippen LogP contribution < -0.4 is 5.32 Å². The van der Waals surface area contributed by atoms with Crippen LogP contribution in [0.4, 0.5) is 13.2 Å². The van der Waals surface area contributed by atoms with Gasteiger partial charge in [-0.15, -0.1) is 10.2 Å². The summed E-state index contributed by atoms with van der Waals surface area (Å²) in [6, 6.07) is 3.43. The lowest BCUT2D eigenvalue weighted by Gasteiger charge is -2.09. The molecule has 2 rings (SSSR count). The lowest BCUT2D eigenvalue weighted by atomic mass is 10.4. The highest BCUT2D eigenvalue weighted by Gasteiger charge is 2.27. The number of nitrogens with zero attached hydrogens (tertiary/aromatic N) is 3. The molecule has 1 N–H and O–H groups in total. The summed E-state index contributed by atoms with van der Waals surface area (Å²) in [4.78, 5) is 22.8. The number of furan rings is 1. The van der Waals surface area contributed by atoms with Gasteiger partial charge in [-0.1, -0.05) is 11.8 Å². The average Bonchev–Trinajstić information content (AvgIpc) is 3.24. The van der Waals surface area contributed by atoms with Gasteiger partial charge in [-0.05, 0) is 19.1 Å². The van der Waals surface area contributed by atoms with Gasteiger partial charge < -0.3 is 14.5 Å². The third kappa shape index (κ3) is 5.79. The molecule has 0 atom stereocenters. The lowest BCUT2D eigenvalue weighted by Crippen LogP contribution is -2.36. The Bertz CT molecular complexity index is 746. The van der Waals surface area contributed by atoms with E-state index in [1.165, 1.54) is 6.26 Å². The van der Waals surface area contributed by atoms with Gasteiger partial charge in [0, 0.05) is 6.54 Å². The molecule has 0 aliphatic carbocycles. The zero-order valence-electron chi connectivity index (χ0n) is 13.6. The third-order valence-electron chi connectivity index (χ3n) is 2.94. The summed E-state index contributed by atoms with van der Waals surface area (Å²) < 4.78 is 47.5. The first-order valence-corrected chi connectivity index (χ1v) is 8.37. The SMILES string of the molecule is CCn1c(SCC(=O)OCC(=O)NCC(F)(F)F)nnc1-c1ccco1. The van der Waals surface area contributed by atoms with E-state index < -0.39 is 31.2 Å². The number of aromatic nitrogens is 3. The van der Waals surface area contributed by atoms with Gasteiger partial charge in [-0.3, -0.25) is 14.2 Å². The van der Waals surface area contributed by atoms with Crippen molar-refractivity contribution in [3.63, 3.8) is 0 Å². The quantitative estimate of drug-likeness (QED) is 0.541. The molecule has 142 valence electrons. The predicted octanol–water partition coefficient (Wildman–Crippen LogP) is 1.87. The van der Waals surface area contributed by atoms with Crippen molar-refractivity contribution in [3.8, 4) is 11.6 Å². The first kappa shape index (κ1) is 19.8. The summed E-state index contributed by atoms with van der Waals surface area (Å²) in [5, 5.41) is 10.0. The van der Waals surface area contributed by atoms with Crippen molar-refractivity contribution in [2.24, 2.45) is 0 Å². The van der Waals surface area contributed by atoms with Crippen LogP contribution in [0.25, 0.3) is 11.6 Å². The molecular weight excluding hydrogens is 377 g/mol. The number of rotatable bonds is 8. The standard InChI is InChI=1S/C14H15F3N4O4S/c1-2-21-12(9-4-3-5-24-9)19-20-13(21)26-7-11(23)25-6-10(22)18-8-14(15,16)17/h3-5H,2,6-8H2,1H3,(H,18,22). The maximum absolute atomic E-state index is 12.0. The Kier molecular flexibility index (Phi) is 6.66. The van der Waals surface area contributed by atoms with E-state index in [-0.39, 0.29) is 5.75 Å². The van der Waals surface area contributed by atoms with Crippen LogP contribution in [0.15, 0.2) is 28.0 Å². The van der Waals surface area contributed by atoms with E-state index in [4.69, 9.17) is 4.42 Å². The molecule has 0 spiro atoms. The fraction of sp³-hybridized carbons (Fsp3) is 0.429. The van der Waals surface area contributed by atoms with E-state index in [9.17, 15) is 22.8 Å². The molecule has 0 radical (unpaired) electrons. The molecule has 0 fully saturated rings. The molecule has 1 amide bonds. The number of halogens is 3. The number of thioether (sulfide) groups is 1. The Morgan fingerprint density at radius 2 is 2.15 bits per heavy atom. The maximum Gasteiger partial charge on any atom is 0.405 e. The monoisotopic (exact) mass is 392 g/mol. The van der Waals surface area contributed by atoms with Crippen LogP contribution in [0.5, 0.6) is 0 Å². The van der Waals surface area contributed by atoms with E-state index in [0.717, 1.165) is 11.8 Å². The Hall–Kier alpha value is -2.50. The van der Waals surface area contributed by atoms with Gasteiger partial charge in [0.15, 0.2) is 23.3 Å². The van der Waals surface area contributed by atoms with Crippen molar-refractivity contribution in [3.05, 3.63) is 18.4 Å². The van der Waals surface area contributed by atoms with Crippen molar-refractivity contribution in [1.82, 2.24) is 20.1 Å². The van der Waals surface area contributed by atoms with Gasteiger partial charge in [0.2, 0.25) is 0 Å². The third-order valence-corrected chi connectivity index (χ3v) is 3.88. The van der Waals surface area contributed by atoms with Gasteiger partial charge in [0.1, 0.15) is 6.54 Å². The molecule has 0 unspecified atom stereocenters. The zero-order valence-corrected chi connectivity index (χ0v) is 14.4. The van der Waals surface area contributed by atoms with Crippen LogP contribution in [-0.4, -0.2) is 51.7 Å². The highest BCUT2D eigenvalue weighted by molar-refractivity contribution is 7.99. The van der Waals surface area contributed by atoms with Crippen molar-refractivity contribution >= 4 is 23.6 Å². The van der Waals surface area contributed by atoms with Crippen LogP contribution in [0.2, 0.25) is 0 Å². The smallest absolute Gasteiger partial charge is 0.405 e. The molecule has 0 aromatic carbocycles. The highest BCUT2D eigenvalue weighted by Crippen LogP contribution is 2.24. The molecule has 0 aliphatic rings. The molecule has 0 bridgehead atoms. The molecule has 2 heterocycles. The fourth-order valence-electron chi connectivity index (χ4n) is 1.83. The molecule has 26 heavy (non-hydrogen) atoms. The molecule has 8 nitrogen and oxygen atoms in total. The van der Waals surface area contributed by atoms with E-state index in [0.29, 0.717) is 23.3 Å². The van der Waals surface area contributed by atoms with Gasteiger partial charge >= 0.3 is 12.1 Å². The topological polar surface area (TPSA) is 99.2 Å². The summed E-state index contributed by atoms with van der Waals surface area (Å²) in [7, 11) is 0. The second-order valence-electron chi connectivity index (χ2n) is 4.87. The number of carbonyl (C=O) groups excluding carboxylic acids is 2. The first-order chi connectivity index (χ1) is 12.3. The first-order valence-electron chi connectivity index (χ1n) is 7.39. The molecule has 12 heteroatoms. The molecule has 2 aromatic rings. The lowest BCUT2D eigenvalue weighted by molar-refractivity contribution is -0.149. The molecule has 0 saturated carbocycles. The molecule has 0 aliphatic heterocycles. The second kappa shape index (κ2) is 8.74. The Balaban J connectivity index is 1.82. The largest absolute Gasteiger partial charge is 0.461 e. The zero-order chi connectivity index (χ0) is 19.2. The number of hydrogen-bond acceptors (Lipinski definition) is 7. The predicted molar refractivity (Wildman–Crippen MR) is 84.1 cm³/mol. The van der Waals surface area contributed by atoms with Crippen LogP contribution in [-0.2, 0) is 20.9 Å². The number of carbonyl (C=O) groups is 2. The van der Waals surface area contributed by atoms with Crippen LogP contribution in [0, 0.1) is 0 Å². The van der Waals surface area contributed by atoms with Crippen LogP contribution >= 0.6 is 11.8 Å². The molecular formula is C14H15F3N4O4S. The van der Waals surface area contributed by atoms with E-state index in [1.807, 2.05) is 6.92 Å². The van der Waals surface area contributed by atoms with Crippen molar-refractivity contribution in [1.29, 1.82) is 0 Å². The van der Waals surface area contributed by atoms with Gasteiger partial charge in [-0.25, -0.2) is 0 Å². The summed E-state index contributed by atoms with van der Waals surface area (Å²) in [6.07, 6.45) is -3.02. The molecule has 0 saturated heterocycles. The average molecular weight is 392 g/mol. The summed E-state index contributed by atoms with van der Waals surface area (Å²) in [5.74, 6) is -0.946. The van der Waals surface area contributed by atoms with E-state index in [1.54, 1.807) is 22.0 Å². The minimum atomic E-state index is -4.52. The Morgan fingerprint density at radius 3 is 2.77 bits per heavy atom. The van der Waals surface area contributed by atoms with Crippen molar-refractivity contribution in [2.45, 2.75) is 24.8 Å². The highest BCUT2D eigenvalue weighted by atomic mass is 32.2. The maximum atomic E-state index is 12.0. The van der Waals surface area contributed by atoms with E-state index in [2.05, 4.69) is 14.9 Å². The second-order valence-corrected chi connectivity index (χ2v) is 5.81. The minimum absolute atomic E-state index is 0.178. The Morgan fingerprint density at radius 1 is 1.38 bits per heavy atom. The number of amides is 1. The number of esters is 1. The fourth-order valence-corrected chi connectivity index (χ4v) is 2.63. The normalized spacial score (nSPS) is 11.4. The number of ether oxygens (including phenoxy) is 1. The van der Waals surface area contributed by atoms with Crippen LogP contribution in [0.1, 0.15) is 6.92 Å². The summed E-state index contributed by atoms with van der Waals surface area (Å²) >= 11 is 1.03. The van der Waals surface area contributed by atoms with Crippen molar-refractivity contribution < 1.29 is 31.9 Å². The summed E-state index contributed by atoms with van der Waals surface area (Å²) in [6.45, 7) is 0.129. The van der Waals surface area contributed by atoms with Gasteiger partial charge in [0.05, 0.1) is 12.0 Å². The van der Waals surface area contributed by atoms with E-state index >= 15 is 0 Å². The summed E-state index contributed by atoms with van der Waals surface area (Å²) in [5.41, 5.74) is 0.